The molecule has 57 heavy (non-hydrogen) atoms. The molecule has 3 aliphatic heterocycles. The van der Waals surface area contributed by atoms with Crippen molar-refractivity contribution in [2.75, 3.05) is 57.3 Å². The quantitative estimate of drug-likeness (QED) is 0.143. The number of rotatable bonds is 10. The summed E-state index contributed by atoms with van der Waals surface area (Å²) in [5.41, 5.74) is 5.31. The summed E-state index contributed by atoms with van der Waals surface area (Å²) in [6.07, 6.45) is 9.20. The predicted octanol–water partition coefficient (Wildman–Crippen LogP) is 3.83. The van der Waals surface area contributed by atoms with Gasteiger partial charge in [0, 0.05) is 80.2 Å². The number of nitrogens with zero attached hydrogens (tertiary/aromatic N) is 5. The first-order valence-electron chi connectivity index (χ1n) is 20.3. The van der Waals surface area contributed by atoms with Crippen LogP contribution in [0.15, 0.2) is 78.0 Å². The number of likely N-dealkylation sites (tertiary alicyclic amines) is 1. The summed E-state index contributed by atoms with van der Waals surface area (Å²) < 4.78 is 0. The molecule has 14 heteroatoms. The van der Waals surface area contributed by atoms with Crippen molar-refractivity contribution in [3.8, 4) is 0 Å². The van der Waals surface area contributed by atoms with Gasteiger partial charge in [0.05, 0.1) is 11.7 Å². The van der Waals surface area contributed by atoms with Gasteiger partial charge in [0.2, 0.25) is 11.8 Å². The normalized spacial score (nSPS) is 18.1. The molecule has 0 saturated carbocycles. The number of pyridine rings is 2. The zero-order chi connectivity index (χ0) is 39.3. The van der Waals surface area contributed by atoms with Gasteiger partial charge in [0.25, 0.3) is 5.56 Å². The van der Waals surface area contributed by atoms with Crippen LogP contribution in [0.5, 0.6) is 0 Å². The molecule has 3 fully saturated rings. The second-order valence-electron chi connectivity index (χ2n) is 15.9. The van der Waals surface area contributed by atoms with E-state index < -0.39 is 12.1 Å². The zero-order valence-corrected chi connectivity index (χ0v) is 32.5. The summed E-state index contributed by atoms with van der Waals surface area (Å²) in [6, 6.07) is 15.7. The van der Waals surface area contributed by atoms with Crippen molar-refractivity contribution < 1.29 is 14.4 Å². The molecule has 3 aliphatic rings. The molecule has 0 unspecified atom stereocenters. The molecule has 8 rings (SSSR count). The number of hydrogen-bond acceptors (Lipinski definition) is 8. The topological polar surface area (TPSA) is 171 Å². The number of piperidine rings is 2. The Labute approximate surface area is 331 Å². The van der Waals surface area contributed by atoms with Gasteiger partial charge >= 0.3 is 6.03 Å². The maximum atomic E-state index is 14.5. The highest BCUT2D eigenvalue weighted by atomic mass is 16.2. The van der Waals surface area contributed by atoms with Crippen molar-refractivity contribution in [3.63, 3.8) is 0 Å². The number of urea groups is 1. The molecule has 0 spiro atoms. The maximum Gasteiger partial charge on any atom is 0.318 e. The van der Waals surface area contributed by atoms with Crippen molar-refractivity contribution in [1.82, 2.24) is 45.9 Å². The second-order valence-corrected chi connectivity index (χ2v) is 15.9. The number of anilines is 1. The molecule has 5 aromatic rings. The van der Waals surface area contributed by atoms with E-state index in [1.54, 1.807) is 23.5 Å². The van der Waals surface area contributed by atoms with Crippen LogP contribution in [0.2, 0.25) is 0 Å². The summed E-state index contributed by atoms with van der Waals surface area (Å²) in [4.78, 5) is 68.9. The molecule has 2 aromatic carbocycles. The molecule has 0 aliphatic carbocycles. The molecule has 14 nitrogen and oxygen atoms in total. The first-order valence-corrected chi connectivity index (χ1v) is 20.3. The van der Waals surface area contributed by atoms with E-state index in [9.17, 15) is 19.2 Å². The Bertz CT molecular complexity index is 2250. The standard InChI is InChI=1S/C43H52N10O4/c1-28-22-30(23-33-27-46-50-39(28)33)25-37(49-43(57)53-16-10-31(11-17-53)35-26-32-4-2-3-5-36(32)47-40(35)54)41(55)48-38(24-29-6-12-44-13-7-29)42(56)52-20-18-51(19-21-52)34-8-14-45-15-9-34/h2-5,8-9,14-15,22-23,26-27,29,31,37-38,44H,6-7,10-13,16-21,24-25H2,1H3,(H,46,50)(H,47,54)(H,48,55)(H,49,57)/t37-,38-/m0/s1. The highest BCUT2D eigenvalue weighted by molar-refractivity contribution is 5.92. The number of nitrogens with one attached hydrogen (secondary N) is 5. The second kappa shape index (κ2) is 17.2. The number of aromatic nitrogens is 4. The lowest BCUT2D eigenvalue weighted by Gasteiger charge is -2.38. The van der Waals surface area contributed by atoms with Gasteiger partial charge in [-0.05, 0) is 111 Å². The number of aromatic amines is 2. The third-order valence-corrected chi connectivity index (χ3v) is 12.1. The number of H-pyrrole nitrogens is 2. The Morgan fingerprint density at radius 3 is 2.37 bits per heavy atom. The lowest BCUT2D eigenvalue weighted by Crippen LogP contribution is -2.59. The van der Waals surface area contributed by atoms with Crippen LogP contribution in [0.25, 0.3) is 21.8 Å². The number of para-hydroxylation sites is 1. The third kappa shape index (κ3) is 8.80. The first kappa shape index (κ1) is 38.1. The largest absolute Gasteiger partial charge is 0.368 e. The highest BCUT2D eigenvalue weighted by Crippen LogP contribution is 2.28. The number of carbonyl (C=O) groups excluding carboxylic acids is 3. The fourth-order valence-corrected chi connectivity index (χ4v) is 8.88. The molecule has 5 N–H and O–H groups in total. The molecule has 3 aromatic heterocycles. The van der Waals surface area contributed by atoms with Gasteiger partial charge in [-0.3, -0.25) is 24.5 Å². The lowest BCUT2D eigenvalue weighted by molar-refractivity contribution is -0.137. The minimum absolute atomic E-state index is 0.0134. The van der Waals surface area contributed by atoms with Gasteiger partial charge in [0.1, 0.15) is 12.1 Å². The van der Waals surface area contributed by atoms with Crippen molar-refractivity contribution >= 4 is 45.3 Å². The van der Waals surface area contributed by atoms with Crippen molar-refractivity contribution in [1.29, 1.82) is 0 Å². The molecule has 298 valence electrons. The van der Waals surface area contributed by atoms with E-state index >= 15 is 0 Å². The summed E-state index contributed by atoms with van der Waals surface area (Å²) in [5, 5.41) is 18.8. The average Bonchev–Trinajstić information content (AvgIpc) is 3.73. The minimum Gasteiger partial charge on any atom is -0.368 e. The van der Waals surface area contributed by atoms with Crippen molar-refractivity contribution in [2.24, 2.45) is 5.92 Å². The molecular weight excluding hydrogens is 721 g/mol. The Balaban J connectivity index is 0.985. The third-order valence-electron chi connectivity index (χ3n) is 12.1. The maximum absolute atomic E-state index is 14.5. The zero-order valence-electron chi connectivity index (χ0n) is 32.5. The van der Waals surface area contributed by atoms with Gasteiger partial charge in [0.15, 0.2) is 0 Å². The number of piperazine rings is 1. The van der Waals surface area contributed by atoms with Crippen LogP contribution >= 0.6 is 0 Å². The van der Waals surface area contributed by atoms with Crippen LogP contribution in [0, 0.1) is 12.8 Å². The van der Waals surface area contributed by atoms with Crippen LogP contribution in [-0.2, 0) is 16.0 Å². The summed E-state index contributed by atoms with van der Waals surface area (Å²) in [7, 11) is 0. The predicted molar refractivity (Wildman–Crippen MR) is 220 cm³/mol. The van der Waals surface area contributed by atoms with Crippen LogP contribution in [0.1, 0.15) is 54.7 Å². The Morgan fingerprint density at radius 1 is 0.842 bits per heavy atom. The number of carbonyl (C=O) groups is 3. The SMILES string of the molecule is Cc1cc(C[C@H](NC(=O)N2CCC(c3cc4ccccc4[nH]c3=O)CC2)C(=O)N[C@@H](CC2CCNCC2)C(=O)N2CCN(c3ccncc3)CC2)cc2cn[nH]c12. The van der Waals surface area contributed by atoms with Crippen molar-refractivity contribution in [2.45, 2.75) is 63.5 Å². The number of hydrogen-bond donors (Lipinski definition) is 5. The van der Waals surface area contributed by atoms with Crippen molar-refractivity contribution in [3.05, 3.63) is 100 Å². The van der Waals surface area contributed by atoms with E-state index in [2.05, 4.69) is 41.0 Å². The number of aryl methyl sites for hydroxylation is 1. The van der Waals surface area contributed by atoms with Gasteiger partial charge in [-0.25, -0.2) is 4.79 Å². The molecule has 2 atom stereocenters. The van der Waals surface area contributed by atoms with Crippen LogP contribution in [-0.4, -0.2) is 112 Å². The molecule has 6 heterocycles. The number of amides is 4. The monoisotopic (exact) mass is 772 g/mol. The molecule has 4 amide bonds. The summed E-state index contributed by atoms with van der Waals surface area (Å²) in [5.74, 6) is -0.162. The fourth-order valence-electron chi connectivity index (χ4n) is 8.88. The Hall–Kier alpha value is -5.76. The van der Waals surface area contributed by atoms with Gasteiger partial charge in [-0.1, -0.05) is 24.3 Å². The van der Waals surface area contributed by atoms with E-state index in [1.807, 2.05) is 66.4 Å². The smallest absolute Gasteiger partial charge is 0.318 e. The highest BCUT2D eigenvalue weighted by Gasteiger charge is 2.35. The number of benzene rings is 2. The Morgan fingerprint density at radius 2 is 1.60 bits per heavy atom. The number of fused-ring (bicyclic) bond motifs is 2. The molecular formula is C43H52N10O4. The summed E-state index contributed by atoms with van der Waals surface area (Å²) in [6.45, 7) is 7.10. The van der Waals surface area contributed by atoms with E-state index in [-0.39, 0.29) is 41.7 Å². The minimum atomic E-state index is -0.936. The lowest BCUT2D eigenvalue weighted by atomic mass is 9.89. The van der Waals surface area contributed by atoms with Crippen LogP contribution in [0.3, 0.4) is 0 Å². The van der Waals surface area contributed by atoms with E-state index in [0.717, 1.165) is 70.1 Å². The van der Waals surface area contributed by atoms with E-state index in [0.29, 0.717) is 58.5 Å². The van der Waals surface area contributed by atoms with Crippen LogP contribution < -0.4 is 26.4 Å². The van der Waals surface area contributed by atoms with Gasteiger partial charge in [-0.15, -0.1) is 0 Å². The van der Waals surface area contributed by atoms with E-state index in [4.69, 9.17) is 0 Å². The van der Waals surface area contributed by atoms with Gasteiger partial charge in [-0.2, -0.15) is 5.10 Å². The first-order chi connectivity index (χ1) is 27.8. The van der Waals surface area contributed by atoms with E-state index in [1.165, 1.54) is 0 Å². The molecule has 0 radical (unpaired) electrons. The molecule has 0 bridgehead atoms. The fraction of sp³-hybridized carbons (Fsp3) is 0.442. The Kier molecular flexibility index (Phi) is 11.5. The molecule has 3 saturated heterocycles. The van der Waals surface area contributed by atoms with Gasteiger partial charge < -0.3 is 35.6 Å². The summed E-state index contributed by atoms with van der Waals surface area (Å²) >= 11 is 0. The average molecular weight is 773 g/mol. The van der Waals surface area contributed by atoms with Crippen LogP contribution in [0.4, 0.5) is 10.5 Å².